The third-order valence-corrected chi connectivity index (χ3v) is 2.57. The van der Waals surface area contributed by atoms with Crippen LogP contribution in [-0.4, -0.2) is 17.6 Å². The van der Waals surface area contributed by atoms with Gasteiger partial charge in [-0.15, -0.1) is 0 Å². The van der Waals surface area contributed by atoms with Crippen molar-refractivity contribution in [3.63, 3.8) is 0 Å². The van der Waals surface area contributed by atoms with Gasteiger partial charge >= 0.3 is 0 Å². The fourth-order valence-corrected chi connectivity index (χ4v) is 1.62. The molecule has 1 heterocycles. The number of amides is 1. The molecule has 2 rings (SSSR count). The first-order valence-corrected chi connectivity index (χ1v) is 5.27. The Kier molecular flexibility index (Phi) is 3.43. The monoisotopic (exact) mass is 289 g/mol. The lowest BCUT2D eigenvalue weighted by atomic mass is 10.1. The van der Waals surface area contributed by atoms with Gasteiger partial charge in [-0.05, 0) is 0 Å². The van der Waals surface area contributed by atoms with Crippen molar-refractivity contribution in [2.24, 2.45) is 5.10 Å². The largest absolute Gasteiger partial charge is 0.543 e. The summed E-state index contributed by atoms with van der Waals surface area (Å²) in [6, 6.07) is -0.0357. The first-order valence-electron chi connectivity index (χ1n) is 5.27. The van der Waals surface area contributed by atoms with Gasteiger partial charge in [0.2, 0.25) is 5.91 Å². The lowest BCUT2D eigenvalue weighted by molar-refractivity contribution is -0.294. The van der Waals surface area contributed by atoms with Crippen molar-refractivity contribution in [2.45, 2.75) is 12.8 Å². The molecule has 1 aliphatic rings. The molecule has 106 valence electrons. The summed E-state index contributed by atoms with van der Waals surface area (Å²) >= 11 is 0. The van der Waals surface area contributed by atoms with E-state index in [0.29, 0.717) is 0 Å². The van der Waals surface area contributed by atoms with E-state index < -0.39 is 53.0 Å². The highest BCUT2D eigenvalue weighted by atomic mass is 19.2. The van der Waals surface area contributed by atoms with Crippen LogP contribution in [-0.2, 0) is 9.59 Å². The van der Waals surface area contributed by atoms with E-state index >= 15 is 0 Å². The van der Waals surface area contributed by atoms with Crippen molar-refractivity contribution < 1.29 is 32.3 Å². The lowest BCUT2D eigenvalue weighted by Crippen LogP contribution is -2.40. The molecule has 0 spiro atoms. The molecule has 20 heavy (non-hydrogen) atoms. The number of halogens is 4. The first kappa shape index (κ1) is 14.0. The van der Waals surface area contributed by atoms with Crippen molar-refractivity contribution in [1.82, 2.24) is 0 Å². The highest BCUT2D eigenvalue weighted by Crippen LogP contribution is 2.30. The maximum absolute atomic E-state index is 13.5. The normalized spacial score (nSPS) is 15.3. The number of anilines is 1. The van der Waals surface area contributed by atoms with Gasteiger partial charge in [0.05, 0.1) is 11.7 Å². The molecule has 9 heteroatoms. The number of rotatable bonds is 2. The van der Waals surface area contributed by atoms with E-state index in [1.807, 2.05) is 0 Å². The lowest BCUT2D eigenvalue weighted by Gasteiger charge is -2.24. The van der Waals surface area contributed by atoms with E-state index in [9.17, 15) is 32.3 Å². The van der Waals surface area contributed by atoms with Crippen LogP contribution in [0.5, 0.6) is 0 Å². The van der Waals surface area contributed by atoms with Gasteiger partial charge in [0.1, 0.15) is 5.69 Å². The Labute approximate surface area is 109 Å². The molecule has 0 aromatic heterocycles. The summed E-state index contributed by atoms with van der Waals surface area (Å²) in [7, 11) is 0. The van der Waals surface area contributed by atoms with Crippen LogP contribution in [0.25, 0.3) is 0 Å². The zero-order valence-electron chi connectivity index (χ0n) is 9.62. The molecule has 0 atom stereocenters. The van der Waals surface area contributed by atoms with Crippen LogP contribution >= 0.6 is 0 Å². The third kappa shape index (κ3) is 2.22. The van der Waals surface area contributed by atoms with E-state index in [0.717, 1.165) is 0 Å². The molecule has 0 N–H and O–H groups in total. The first-order chi connectivity index (χ1) is 9.32. The number of carboxylic acids is 1. The second kappa shape index (κ2) is 4.91. The minimum atomic E-state index is -1.85. The number of benzene rings is 1. The molecule has 5 nitrogen and oxygen atoms in total. The van der Waals surface area contributed by atoms with Crippen molar-refractivity contribution in [3.05, 3.63) is 29.3 Å². The smallest absolute Gasteiger partial charge is 0.248 e. The van der Waals surface area contributed by atoms with Gasteiger partial charge in [-0.1, -0.05) is 0 Å². The number of aliphatic carboxylic acids is 1. The Balaban J connectivity index is 2.63. The zero-order chi connectivity index (χ0) is 15.0. The van der Waals surface area contributed by atoms with Crippen LogP contribution < -0.4 is 10.1 Å². The molecule has 0 aliphatic carbocycles. The predicted molar refractivity (Wildman–Crippen MR) is 55.4 cm³/mol. The van der Waals surface area contributed by atoms with Crippen LogP contribution in [0.3, 0.4) is 0 Å². The van der Waals surface area contributed by atoms with Gasteiger partial charge < -0.3 is 9.90 Å². The molecular weight excluding hydrogens is 284 g/mol. The maximum Gasteiger partial charge on any atom is 0.248 e. The van der Waals surface area contributed by atoms with Gasteiger partial charge in [-0.2, -0.15) is 10.1 Å². The van der Waals surface area contributed by atoms with Crippen LogP contribution in [0, 0.1) is 23.3 Å². The molecular formula is C11H5F4N2O3-. The summed E-state index contributed by atoms with van der Waals surface area (Å²) < 4.78 is 53.2. The quantitative estimate of drug-likeness (QED) is 0.587. The van der Waals surface area contributed by atoms with Crippen molar-refractivity contribution in [2.75, 3.05) is 5.01 Å². The van der Waals surface area contributed by atoms with E-state index in [-0.39, 0.29) is 17.5 Å². The van der Waals surface area contributed by atoms with E-state index in [1.165, 1.54) is 0 Å². The Morgan fingerprint density at radius 3 is 2.20 bits per heavy atom. The average molecular weight is 289 g/mol. The minimum absolute atomic E-state index is 0.00847. The molecule has 0 bridgehead atoms. The third-order valence-electron chi connectivity index (χ3n) is 2.57. The average Bonchev–Trinajstić information content (AvgIpc) is 2.38. The van der Waals surface area contributed by atoms with Gasteiger partial charge in [0.25, 0.3) is 0 Å². The Bertz CT molecular complexity index is 619. The zero-order valence-corrected chi connectivity index (χ0v) is 9.62. The summed E-state index contributed by atoms with van der Waals surface area (Å²) in [6.07, 6.45) is -0.747. The second-order valence-electron chi connectivity index (χ2n) is 3.86. The molecule has 0 fully saturated rings. The highest BCUT2D eigenvalue weighted by Gasteiger charge is 2.31. The standard InChI is InChI=1S/C11H6F4N2O3/c12-4-3-5(13)9(15)10(8(4)14)17-7(18)2-1-6(16-17)11(19)20/h3H,1-2H2,(H,19,20)/p-1. The van der Waals surface area contributed by atoms with Crippen molar-refractivity contribution in [3.8, 4) is 0 Å². The topological polar surface area (TPSA) is 72.8 Å². The summed E-state index contributed by atoms with van der Waals surface area (Å²) in [6.45, 7) is 0. The molecule has 1 amide bonds. The summed E-state index contributed by atoms with van der Waals surface area (Å²) in [5, 5.41) is 13.8. The molecule has 1 aromatic carbocycles. The fraction of sp³-hybridized carbons (Fsp3) is 0.182. The Morgan fingerprint density at radius 2 is 1.70 bits per heavy atom. The van der Waals surface area contributed by atoms with Crippen molar-refractivity contribution >= 4 is 23.3 Å². The number of carbonyl (C=O) groups is 2. The summed E-state index contributed by atoms with van der Waals surface area (Å²) in [4.78, 5) is 22.1. The van der Waals surface area contributed by atoms with Gasteiger partial charge in [0, 0.05) is 18.9 Å². The van der Waals surface area contributed by atoms with Crippen LogP contribution in [0.15, 0.2) is 11.2 Å². The summed E-state index contributed by atoms with van der Waals surface area (Å²) in [5.41, 5.74) is -2.06. The van der Waals surface area contributed by atoms with Crippen LogP contribution in [0.1, 0.15) is 12.8 Å². The highest BCUT2D eigenvalue weighted by molar-refractivity contribution is 6.36. The fourth-order valence-electron chi connectivity index (χ4n) is 1.62. The summed E-state index contributed by atoms with van der Waals surface area (Å²) in [5.74, 6) is -9.91. The number of nitrogens with zero attached hydrogens (tertiary/aromatic N) is 2. The maximum atomic E-state index is 13.5. The molecule has 0 unspecified atom stereocenters. The molecule has 0 saturated heterocycles. The van der Waals surface area contributed by atoms with E-state index in [1.54, 1.807) is 0 Å². The number of hydrogen-bond acceptors (Lipinski definition) is 4. The SMILES string of the molecule is O=C([O-])C1=NN(c2c(F)c(F)cc(F)c2F)C(=O)CC1. The predicted octanol–water partition coefficient (Wildman–Crippen LogP) is 0.476. The molecule has 1 aliphatic heterocycles. The number of hydrazone groups is 1. The van der Waals surface area contributed by atoms with E-state index in [4.69, 9.17) is 0 Å². The van der Waals surface area contributed by atoms with E-state index in [2.05, 4.69) is 5.10 Å². The molecule has 0 radical (unpaired) electrons. The number of hydrogen-bond donors (Lipinski definition) is 0. The molecule has 0 saturated carbocycles. The van der Waals surface area contributed by atoms with Crippen LogP contribution in [0.4, 0.5) is 23.2 Å². The second-order valence-corrected chi connectivity index (χ2v) is 3.86. The van der Waals surface area contributed by atoms with Gasteiger partial charge in [-0.25, -0.2) is 17.6 Å². The van der Waals surface area contributed by atoms with Crippen LogP contribution in [0.2, 0.25) is 0 Å². The molecule has 1 aromatic rings. The number of carboxylic acid groups (broad SMARTS) is 1. The minimum Gasteiger partial charge on any atom is -0.543 e. The Hall–Kier alpha value is -2.45. The Morgan fingerprint density at radius 1 is 1.15 bits per heavy atom. The number of carbonyl (C=O) groups excluding carboxylic acids is 2. The van der Waals surface area contributed by atoms with Gasteiger partial charge in [0.15, 0.2) is 23.3 Å². The van der Waals surface area contributed by atoms with Gasteiger partial charge in [-0.3, -0.25) is 4.79 Å². The van der Waals surface area contributed by atoms with Crippen molar-refractivity contribution in [1.29, 1.82) is 0 Å².